The zero-order valence-electron chi connectivity index (χ0n) is 18.2. The Morgan fingerprint density at radius 2 is 1.73 bits per heavy atom. The van der Waals surface area contributed by atoms with Gasteiger partial charge in [0, 0.05) is 34.5 Å². The summed E-state index contributed by atoms with van der Waals surface area (Å²) in [6, 6.07) is 17.5. The van der Waals surface area contributed by atoms with E-state index < -0.39 is 6.04 Å². The number of amides is 2. The third kappa shape index (κ3) is 8.52. The first kappa shape index (κ1) is 24.5. The van der Waals surface area contributed by atoms with Crippen molar-refractivity contribution in [2.24, 2.45) is 0 Å². The Labute approximate surface area is 192 Å². The molecule has 0 radical (unpaired) electrons. The number of carbonyl (C=O) groups excluding carboxylic acids is 2. The number of hydrogen-bond donors (Lipinski definition) is 1. The number of carbonyl (C=O) groups is 2. The van der Waals surface area contributed by atoms with Crippen molar-refractivity contribution in [2.45, 2.75) is 58.0 Å². The maximum atomic E-state index is 13.1. The average molecular weight is 491 g/mol. The fourth-order valence-electron chi connectivity index (χ4n) is 2.96. The Kier molecular flexibility index (Phi) is 9.43. The van der Waals surface area contributed by atoms with Crippen molar-refractivity contribution in [3.8, 4) is 0 Å². The monoisotopic (exact) mass is 490 g/mol. The number of hydrogen-bond acceptors (Lipinski definition) is 3. The number of rotatable bonds is 9. The highest BCUT2D eigenvalue weighted by Gasteiger charge is 2.28. The SMILES string of the molecule is CC(C(=O)NC(C)(C)C)N(Cc1cccc(Br)c1)C(=O)CCSCc1ccccc1. The number of thioether (sulfide) groups is 1. The number of benzene rings is 2. The van der Waals surface area contributed by atoms with Gasteiger partial charge >= 0.3 is 0 Å². The normalized spacial score (nSPS) is 12.3. The van der Waals surface area contributed by atoms with Gasteiger partial charge in [-0.1, -0.05) is 58.4 Å². The van der Waals surface area contributed by atoms with Gasteiger partial charge in [-0.3, -0.25) is 9.59 Å². The van der Waals surface area contributed by atoms with Gasteiger partial charge in [0.1, 0.15) is 6.04 Å². The van der Waals surface area contributed by atoms with Crippen LogP contribution in [0.2, 0.25) is 0 Å². The molecule has 0 bridgehead atoms. The van der Waals surface area contributed by atoms with Gasteiger partial charge in [-0.25, -0.2) is 0 Å². The Balaban J connectivity index is 2.03. The molecule has 0 spiro atoms. The second-order valence-corrected chi connectivity index (χ2v) is 10.4. The van der Waals surface area contributed by atoms with Gasteiger partial charge < -0.3 is 10.2 Å². The molecule has 2 rings (SSSR count). The zero-order chi connectivity index (χ0) is 22.1. The number of halogens is 1. The Morgan fingerprint density at radius 3 is 2.37 bits per heavy atom. The van der Waals surface area contributed by atoms with Gasteiger partial charge in [0.15, 0.2) is 0 Å². The predicted molar refractivity (Wildman–Crippen MR) is 129 cm³/mol. The summed E-state index contributed by atoms with van der Waals surface area (Å²) in [6.07, 6.45) is 0.401. The lowest BCUT2D eigenvalue weighted by molar-refractivity contribution is -0.140. The zero-order valence-corrected chi connectivity index (χ0v) is 20.6. The molecule has 1 atom stereocenters. The Hall–Kier alpha value is -1.79. The quantitative estimate of drug-likeness (QED) is 0.478. The van der Waals surface area contributed by atoms with Crippen LogP contribution in [0.25, 0.3) is 0 Å². The van der Waals surface area contributed by atoms with Crippen LogP contribution in [0.15, 0.2) is 59.1 Å². The molecule has 2 amide bonds. The van der Waals surface area contributed by atoms with Gasteiger partial charge in [0.05, 0.1) is 0 Å². The molecule has 1 unspecified atom stereocenters. The van der Waals surface area contributed by atoms with Gasteiger partial charge in [0.2, 0.25) is 11.8 Å². The molecule has 4 nitrogen and oxygen atoms in total. The maximum Gasteiger partial charge on any atom is 0.242 e. The molecule has 0 aromatic heterocycles. The molecular formula is C24H31BrN2O2S. The third-order valence-electron chi connectivity index (χ3n) is 4.48. The summed E-state index contributed by atoms with van der Waals surface area (Å²) in [4.78, 5) is 27.5. The highest BCUT2D eigenvalue weighted by molar-refractivity contribution is 9.10. The Bertz CT molecular complexity index is 837. The van der Waals surface area contributed by atoms with Crippen LogP contribution in [-0.2, 0) is 21.9 Å². The highest BCUT2D eigenvalue weighted by atomic mass is 79.9. The predicted octanol–water partition coefficient (Wildman–Crippen LogP) is 5.40. The largest absolute Gasteiger partial charge is 0.350 e. The van der Waals surface area contributed by atoms with Crippen LogP contribution in [0.4, 0.5) is 0 Å². The molecule has 0 fully saturated rings. The summed E-state index contributed by atoms with van der Waals surface area (Å²) in [5.74, 6) is 1.45. The summed E-state index contributed by atoms with van der Waals surface area (Å²) in [7, 11) is 0. The van der Waals surface area contributed by atoms with E-state index in [1.807, 2.05) is 63.2 Å². The van der Waals surface area contributed by atoms with Crippen LogP contribution in [0.1, 0.15) is 45.2 Å². The van der Waals surface area contributed by atoms with E-state index >= 15 is 0 Å². The van der Waals surface area contributed by atoms with Crippen LogP contribution < -0.4 is 5.32 Å². The first-order valence-electron chi connectivity index (χ1n) is 10.1. The number of nitrogens with zero attached hydrogens (tertiary/aromatic N) is 1. The fraction of sp³-hybridized carbons (Fsp3) is 0.417. The van der Waals surface area contributed by atoms with Crippen molar-refractivity contribution in [3.63, 3.8) is 0 Å². The van der Waals surface area contributed by atoms with Crippen LogP contribution in [0.5, 0.6) is 0 Å². The van der Waals surface area contributed by atoms with E-state index in [9.17, 15) is 9.59 Å². The first-order chi connectivity index (χ1) is 14.2. The molecule has 30 heavy (non-hydrogen) atoms. The minimum absolute atomic E-state index is 0.00732. The van der Waals surface area contributed by atoms with E-state index in [0.717, 1.165) is 21.5 Å². The molecule has 162 valence electrons. The molecular weight excluding hydrogens is 460 g/mol. The smallest absolute Gasteiger partial charge is 0.242 e. The van der Waals surface area contributed by atoms with Crippen molar-refractivity contribution < 1.29 is 9.59 Å². The van der Waals surface area contributed by atoms with Crippen LogP contribution >= 0.6 is 27.7 Å². The third-order valence-corrected chi connectivity index (χ3v) is 6.00. The molecule has 0 saturated heterocycles. The summed E-state index contributed by atoms with van der Waals surface area (Å²) in [6.45, 7) is 8.03. The summed E-state index contributed by atoms with van der Waals surface area (Å²) >= 11 is 5.22. The minimum Gasteiger partial charge on any atom is -0.350 e. The summed E-state index contributed by atoms with van der Waals surface area (Å²) in [5, 5.41) is 2.99. The molecule has 6 heteroatoms. The minimum atomic E-state index is -0.546. The van der Waals surface area contributed by atoms with Crippen molar-refractivity contribution >= 4 is 39.5 Å². The maximum absolute atomic E-state index is 13.1. The first-order valence-corrected chi connectivity index (χ1v) is 12.1. The lowest BCUT2D eigenvalue weighted by atomic mass is 10.1. The molecule has 2 aromatic rings. The lowest BCUT2D eigenvalue weighted by Gasteiger charge is -2.31. The van der Waals surface area contributed by atoms with Gasteiger partial charge in [-0.05, 0) is 51.0 Å². The van der Waals surface area contributed by atoms with Crippen LogP contribution in [-0.4, -0.2) is 34.0 Å². The van der Waals surface area contributed by atoms with Crippen molar-refractivity contribution in [3.05, 3.63) is 70.2 Å². The average Bonchev–Trinajstić information content (AvgIpc) is 2.68. The van der Waals surface area contributed by atoms with Crippen LogP contribution in [0.3, 0.4) is 0 Å². The second kappa shape index (κ2) is 11.6. The van der Waals surface area contributed by atoms with Gasteiger partial charge in [-0.15, -0.1) is 0 Å². The molecule has 0 aliphatic carbocycles. The van der Waals surface area contributed by atoms with E-state index in [1.165, 1.54) is 5.56 Å². The fourth-order valence-corrected chi connectivity index (χ4v) is 4.29. The van der Waals surface area contributed by atoms with Crippen molar-refractivity contribution in [1.82, 2.24) is 10.2 Å². The summed E-state index contributed by atoms with van der Waals surface area (Å²) < 4.78 is 0.956. The van der Waals surface area contributed by atoms with E-state index in [4.69, 9.17) is 0 Å². The topological polar surface area (TPSA) is 49.4 Å². The standard InChI is InChI=1S/C24H31BrN2O2S/c1-18(23(29)26-24(2,3)4)27(16-20-11-8-12-21(25)15-20)22(28)13-14-30-17-19-9-6-5-7-10-19/h5-12,15,18H,13-14,16-17H2,1-4H3,(H,26,29). The molecule has 0 aliphatic heterocycles. The number of nitrogens with one attached hydrogen (secondary N) is 1. The molecule has 0 saturated carbocycles. The lowest BCUT2D eigenvalue weighted by Crippen LogP contribution is -2.52. The highest BCUT2D eigenvalue weighted by Crippen LogP contribution is 2.18. The van der Waals surface area contributed by atoms with Crippen LogP contribution in [0, 0.1) is 0 Å². The summed E-state index contributed by atoms with van der Waals surface area (Å²) in [5.41, 5.74) is 1.89. The van der Waals surface area contributed by atoms with Crippen molar-refractivity contribution in [1.29, 1.82) is 0 Å². The molecule has 0 aliphatic rings. The molecule has 1 N–H and O–H groups in total. The Morgan fingerprint density at radius 1 is 1.07 bits per heavy atom. The molecule has 0 heterocycles. The van der Waals surface area contributed by atoms with E-state index in [0.29, 0.717) is 13.0 Å². The van der Waals surface area contributed by atoms with E-state index in [2.05, 4.69) is 33.4 Å². The molecule has 2 aromatic carbocycles. The second-order valence-electron chi connectivity index (χ2n) is 8.35. The van der Waals surface area contributed by atoms with Crippen molar-refractivity contribution in [2.75, 3.05) is 5.75 Å². The van der Waals surface area contributed by atoms with Gasteiger partial charge in [0.25, 0.3) is 0 Å². The van der Waals surface area contributed by atoms with Gasteiger partial charge in [-0.2, -0.15) is 11.8 Å². The van der Waals surface area contributed by atoms with E-state index in [-0.39, 0.29) is 17.4 Å². The van der Waals surface area contributed by atoms with E-state index in [1.54, 1.807) is 23.6 Å².